The first-order valence-corrected chi connectivity index (χ1v) is 8.27. The second-order valence-electron chi connectivity index (χ2n) is 4.89. The Hall–Kier alpha value is -1.34. The van der Waals surface area contributed by atoms with Crippen molar-refractivity contribution >= 4 is 33.7 Å². The molecule has 0 aliphatic carbocycles. The molecule has 0 radical (unpaired) electrons. The molecule has 1 N–H and O–H groups in total. The summed E-state index contributed by atoms with van der Waals surface area (Å²) in [6.07, 6.45) is 0. The second-order valence-corrected chi connectivity index (χ2v) is 6.75. The van der Waals surface area contributed by atoms with E-state index in [0.717, 1.165) is 15.9 Å². The van der Waals surface area contributed by atoms with Crippen LogP contribution >= 0.6 is 27.7 Å². The van der Waals surface area contributed by atoms with Crippen molar-refractivity contribution in [1.82, 2.24) is 14.8 Å². The summed E-state index contributed by atoms with van der Waals surface area (Å²) < 4.78 is 3.00. The van der Waals surface area contributed by atoms with Crippen LogP contribution in [0.3, 0.4) is 0 Å². The number of hydrogen-bond donors (Lipinski definition) is 1. The van der Waals surface area contributed by atoms with Crippen LogP contribution in [0, 0.1) is 0 Å². The molecule has 0 amide bonds. The molecule has 0 bridgehead atoms. The van der Waals surface area contributed by atoms with E-state index in [4.69, 9.17) is 5.11 Å². The van der Waals surface area contributed by atoms with E-state index in [1.807, 2.05) is 42.7 Å². The first kappa shape index (κ1) is 16.0. The highest BCUT2D eigenvalue weighted by Crippen LogP contribution is 2.23. The van der Waals surface area contributed by atoms with Crippen LogP contribution in [-0.2, 0) is 11.3 Å². The van der Waals surface area contributed by atoms with Gasteiger partial charge in [0.05, 0.1) is 12.3 Å². The number of aliphatic carboxylic acids is 1. The van der Waals surface area contributed by atoms with Gasteiger partial charge >= 0.3 is 5.97 Å². The average Bonchev–Trinajstić information content (AvgIpc) is 2.79. The molecule has 2 aromatic rings. The molecule has 0 spiro atoms. The third-order valence-corrected chi connectivity index (χ3v) is 4.26. The molecule has 0 fully saturated rings. The summed E-state index contributed by atoms with van der Waals surface area (Å²) in [6, 6.07) is 8.01. The van der Waals surface area contributed by atoms with Gasteiger partial charge in [0.2, 0.25) is 0 Å². The number of halogens is 1. The quantitative estimate of drug-likeness (QED) is 0.790. The lowest BCUT2D eigenvalue weighted by Crippen LogP contribution is -2.09. The summed E-state index contributed by atoms with van der Waals surface area (Å²) in [5, 5.41) is 17.8. The molecule has 7 heteroatoms. The third-order valence-electron chi connectivity index (χ3n) is 2.82. The van der Waals surface area contributed by atoms with E-state index >= 15 is 0 Å². The van der Waals surface area contributed by atoms with E-state index in [2.05, 4.69) is 26.1 Å². The van der Waals surface area contributed by atoms with Crippen LogP contribution in [0.25, 0.3) is 0 Å². The Labute approximate surface area is 135 Å². The monoisotopic (exact) mass is 369 g/mol. The Morgan fingerprint density at radius 2 is 2.19 bits per heavy atom. The fourth-order valence-corrected chi connectivity index (χ4v) is 3.04. The zero-order valence-corrected chi connectivity index (χ0v) is 14.2. The highest BCUT2D eigenvalue weighted by atomic mass is 79.9. The standard InChI is InChI=1S/C14H16BrN3O2S/c1-9(2)13-16-17-14(21-8-12(19)20)18(13)7-10-4-3-5-11(15)6-10/h3-6,9H,7-8H2,1-2H3,(H,19,20). The maximum atomic E-state index is 10.7. The Morgan fingerprint density at radius 3 is 2.81 bits per heavy atom. The normalized spacial score (nSPS) is 11.0. The predicted molar refractivity (Wildman–Crippen MR) is 85.7 cm³/mol. The highest BCUT2D eigenvalue weighted by molar-refractivity contribution is 9.10. The minimum absolute atomic E-state index is 0.0191. The van der Waals surface area contributed by atoms with Gasteiger partial charge in [-0.1, -0.05) is 53.7 Å². The molecule has 2 rings (SSSR count). The summed E-state index contributed by atoms with van der Waals surface area (Å²) >= 11 is 4.65. The van der Waals surface area contributed by atoms with Crippen LogP contribution in [0.2, 0.25) is 0 Å². The number of nitrogens with zero attached hydrogens (tertiary/aromatic N) is 3. The Morgan fingerprint density at radius 1 is 1.43 bits per heavy atom. The van der Waals surface area contributed by atoms with Gasteiger partial charge in [0.1, 0.15) is 5.82 Å². The predicted octanol–water partition coefficient (Wildman–Crippen LogP) is 3.39. The number of hydrogen-bond acceptors (Lipinski definition) is 4. The summed E-state index contributed by atoms with van der Waals surface area (Å²) in [4.78, 5) is 10.7. The van der Waals surface area contributed by atoms with E-state index in [-0.39, 0.29) is 11.7 Å². The molecular weight excluding hydrogens is 354 g/mol. The minimum Gasteiger partial charge on any atom is -0.481 e. The Bertz CT molecular complexity index is 643. The number of benzene rings is 1. The lowest BCUT2D eigenvalue weighted by Gasteiger charge is -2.12. The van der Waals surface area contributed by atoms with Gasteiger partial charge in [0, 0.05) is 10.4 Å². The van der Waals surface area contributed by atoms with E-state index in [9.17, 15) is 4.79 Å². The first-order valence-electron chi connectivity index (χ1n) is 6.49. The maximum Gasteiger partial charge on any atom is 0.313 e. The number of carboxylic acid groups (broad SMARTS) is 1. The van der Waals surface area contributed by atoms with Crippen molar-refractivity contribution in [3.8, 4) is 0 Å². The Kier molecular flexibility index (Phi) is 5.41. The zero-order valence-electron chi connectivity index (χ0n) is 11.8. The lowest BCUT2D eigenvalue weighted by molar-refractivity contribution is -0.133. The molecule has 21 heavy (non-hydrogen) atoms. The number of thioether (sulfide) groups is 1. The number of carboxylic acids is 1. The van der Waals surface area contributed by atoms with Crippen LogP contribution in [0.1, 0.15) is 31.2 Å². The van der Waals surface area contributed by atoms with Gasteiger partial charge in [-0.3, -0.25) is 4.79 Å². The van der Waals surface area contributed by atoms with Crippen LogP contribution < -0.4 is 0 Å². The van der Waals surface area contributed by atoms with Crippen LogP contribution in [-0.4, -0.2) is 31.6 Å². The third kappa shape index (κ3) is 4.31. The van der Waals surface area contributed by atoms with Gasteiger partial charge in [-0.2, -0.15) is 0 Å². The van der Waals surface area contributed by atoms with E-state index in [1.165, 1.54) is 11.8 Å². The highest BCUT2D eigenvalue weighted by Gasteiger charge is 2.16. The van der Waals surface area contributed by atoms with Crippen molar-refractivity contribution in [2.45, 2.75) is 31.5 Å². The van der Waals surface area contributed by atoms with Crippen molar-refractivity contribution in [3.63, 3.8) is 0 Å². The van der Waals surface area contributed by atoms with Gasteiger partial charge < -0.3 is 9.67 Å². The van der Waals surface area contributed by atoms with Crippen molar-refractivity contribution in [2.24, 2.45) is 0 Å². The molecule has 0 saturated carbocycles. The number of rotatable bonds is 6. The van der Waals surface area contributed by atoms with Crippen LogP contribution in [0.15, 0.2) is 33.9 Å². The van der Waals surface area contributed by atoms with E-state index < -0.39 is 5.97 Å². The van der Waals surface area contributed by atoms with Gasteiger partial charge in [0.15, 0.2) is 5.16 Å². The molecule has 0 atom stereocenters. The van der Waals surface area contributed by atoms with Gasteiger partial charge in [0.25, 0.3) is 0 Å². The largest absolute Gasteiger partial charge is 0.481 e. The van der Waals surface area contributed by atoms with Crippen molar-refractivity contribution in [3.05, 3.63) is 40.1 Å². The lowest BCUT2D eigenvalue weighted by atomic mass is 10.2. The fourth-order valence-electron chi connectivity index (χ4n) is 1.93. The molecule has 1 aromatic heterocycles. The molecule has 0 aliphatic heterocycles. The summed E-state index contributed by atoms with van der Waals surface area (Å²) in [5.41, 5.74) is 1.11. The van der Waals surface area contributed by atoms with E-state index in [0.29, 0.717) is 11.7 Å². The maximum absolute atomic E-state index is 10.7. The summed E-state index contributed by atoms with van der Waals surface area (Å²) in [7, 11) is 0. The number of aromatic nitrogens is 3. The Balaban J connectivity index is 2.30. The smallest absolute Gasteiger partial charge is 0.313 e. The summed E-state index contributed by atoms with van der Waals surface area (Å²) in [5.74, 6) is 0.212. The van der Waals surface area contributed by atoms with Crippen molar-refractivity contribution in [2.75, 3.05) is 5.75 Å². The molecule has 0 aliphatic rings. The van der Waals surface area contributed by atoms with Gasteiger partial charge in [-0.05, 0) is 17.7 Å². The molecular formula is C14H16BrN3O2S. The van der Waals surface area contributed by atoms with Crippen LogP contribution in [0.5, 0.6) is 0 Å². The molecule has 1 heterocycles. The van der Waals surface area contributed by atoms with Gasteiger partial charge in [-0.25, -0.2) is 0 Å². The second kappa shape index (κ2) is 7.09. The molecule has 0 unspecified atom stereocenters. The van der Waals surface area contributed by atoms with E-state index in [1.54, 1.807) is 0 Å². The fraction of sp³-hybridized carbons (Fsp3) is 0.357. The SMILES string of the molecule is CC(C)c1nnc(SCC(=O)O)n1Cc1cccc(Br)c1. The summed E-state index contributed by atoms with van der Waals surface area (Å²) in [6.45, 7) is 4.72. The minimum atomic E-state index is -0.858. The molecule has 5 nitrogen and oxygen atoms in total. The first-order chi connectivity index (χ1) is 9.97. The average molecular weight is 370 g/mol. The van der Waals surface area contributed by atoms with Crippen LogP contribution in [0.4, 0.5) is 0 Å². The zero-order chi connectivity index (χ0) is 15.4. The van der Waals surface area contributed by atoms with Crippen molar-refractivity contribution < 1.29 is 9.90 Å². The molecule has 1 aromatic carbocycles. The van der Waals surface area contributed by atoms with Crippen molar-refractivity contribution in [1.29, 1.82) is 0 Å². The molecule has 0 saturated heterocycles. The number of carbonyl (C=O) groups is 1. The molecule has 112 valence electrons. The topological polar surface area (TPSA) is 68.0 Å². The van der Waals surface area contributed by atoms with Gasteiger partial charge in [-0.15, -0.1) is 10.2 Å².